The molecule has 0 aromatic rings. The molecule has 1 unspecified atom stereocenters. The van der Waals surface area contributed by atoms with Crippen molar-refractivity contribution in [1.82, 2.24) is 0 Å². The van der Waals surface area contributed by atoms with E-state index in [-0.39, 0.29) is 25.2 Å². The van der Waals surface area contributed by atoms with Gasteiger partial charge in [0.1, 0.15) is 6.61 Å². The van der Waals surface area contributed by atoms with Gasteiger partial charge in [0.25, 0.3) is 0 Å². The lowest BCUT2D eigenvalue weighted by molar-refractivity contribution is -0.162. The zero-order valence-corrected chi connectivity index (χ0v) is 39.5. The van der Waals surface area contributed by atoms with Gasteiger partial charge in [-0.25, -0.2) is 0 Å². The number of rotatable bonds is 45. The van der Waals surface area contributed by atoms with E-state index in [9.17, 15) is 9.59 Å². The van der Waals surface area contributed by atoms with E-state index in [1.807, 2.05) is 6.08 Å². The van der Waals surface area contributed by atoms with Crippen LogP contribution in [0, 0.1) is 0 Å². The third-order valence-corrected chi connectivity index (χ3v) is 10.4. The molecule has 0 N–H and O–H groups in total. The van der Waals surface area contributed by atoms with Gasteiger partial charge in [0, 0.05) is 19.4 Å². The fourth-order valence-corrected chi connectivity index (χ4v) is 6.67. The first-order valence-electron chi connectivity index (χ1n) is 25.1. The number of esters is 2. The fraction of sp³-hybridized carbons (Fsp3) is 0.709. The fourth-order valence-electron chi connectivity index (χ4n) is 6.67. The molecule has 0 heterocycles. The Labute approximate surface area is 371 Å². The largest absolute Gasteiger partial charge is 0.462 e. The van der Waals surface area contributed by atoms with E-state index in [0.717, 1.165) is 70.6 Å². The van der Waals surface area contributed by atoms with Gasteiger partial charge in [-0.2, -0.15) is 0 Å². The molecule has 0 aliphatic carbocycles. The second-order valence-electron chi connectivity index (χ2n) is 16.3. The Kier molecular flexibility index (Phi) is 48.0. The molecular formula is C55H94O5. The summed E-state index contributed by atoms with van der Waals surface area (Å²) in [7, 11) is 0. The number of carbonyl (C=O) groups is 2. The Morgan fingerprint density at radius 2 is 0.817 bits per heavy atom. The van der Waals surface area contributed by atoms with E-state index in [2.05, 4.69) is 99.8 Å². The van der Waals surface area contributed by atoms with Gasteiger partial charge in [-0.05, 0) is 96.3 Å². The number of ether oxygens (including phenoxy) is 3. The van der Waals surface area contributed by atoms with E-state index in [1.54, 1.807) is 0 Å². The van der Waals surface area contributed by atoms with Crippen molar-refractivity contribution < 1.29 is 23.8 Å². The molecule has 0 aliphatic rings. The van der Waals surface area contributed by atoms with Crippen LogP contribution in [0.1, 0.15) is 226 Å². The standard InChI is InChI=1S/C55H94O5/c1-4-7-10-13-16-19-22-25-27-28-29-31-33-36-39-42-45-48-54(56)59-52-53(51-58-50-47-44-41-38-35-32-26-23-20-17-14-11-8-5-2)60-55(57)49-46-43-40-37-34-30-24-21-18-15-12-9-6-3/h9,11-12,14,18,20-21,23,25,27,30,34,40,43,53H,4-8,10,13,15-17,19,22,24,26,28-29,31-33,35-39,41-42,44-52H2,1-3H3/b12-9-,14-11-,21-18-,23-20-,27-25-,34-30-,43-40-. The molecule has 0 spiro atoms. The van der Waals surface area contributed by atoms with Gasteiger partial charge in [-0.3, -0.25) is 9.59 Å². The van der Waals surface area contributed by atoms with Gasteiger partial charge in [0.05, 0.1) is 6.61 Å². The number of hydrogen-bond donors (Lipinski definition) is 0. The van der Waals surface area contributed by atoms with E-state index < -0.39 is 6.10 Å². The van der Waals surface area contributed by atoms with Crippen molar-refractivity contribution in [2.45, 2.75) is 232 Å². The Morgan fingerprint density at radius 1 is 0.383 bits per heavy atom. The molecule has 344 valence electrons. The van der Waals surface area contributed by atoms with Gasteiger partial charge in [0.2, 0.25) is 0 Å². The highest BCUT2D eigenvalue weighted by atomic mass is 16.6. The molecule has 0 radical (unpaired) electrons. The van der Waals surface area contributed by atoms with Crippen LogP contribution >= 0.6 is 0 Å². The van der Waals surface area contributed by atoms with Crippen LogP contribution in [0.4, 0.5) is 0 Å². The minimum Gasteiger partial charge on any atom is -0.462 e. The molecule has 0 saturated carbocycles. The van der Waals surface area contributed by atoms with Crippen LogP contribution in [-0.2, 0) is 23.8 Å². The maximum absolute atomic E-state index is 12.7. The van der Waals surface area contributed by atoms with Crippen LogP contribution in [0.25, 0.3) is 0 Å². The molecule has 0 bridgehead atoms. The predicted octanol–water partition coefficient (Wildman–Crippen LogP) is 16.9. The van der Waals surface area contributed by atoms with Crippen LogP contribution in [0.3, 0.4) is 0 Å². The van der Waals surface area contributed by atoms with Crippen molar-refractivity contribution in [2.75, 3.05) is 19.8 Å². The van der Waals surface area contributed by atoms with Crippen LogP contribution in [0.15, 0.2) is 85.1 Å². The minimum atomic E-state index is -0.584. The molecule has 5 nitrogen and oxygen atoms in total. The summed E-state index contributed by atoms with van der Waals surface area (Å²) in [6.07, 6.45) is 66.0. The average molecular weight is 835 g/mol. The van der Waals surface area contributed by atoms with Gasteiger partial charge in [-0.1, -0.05) is 202 Å². The van der Waals surface area contributed by atoms with Gasteiger partial charge in [0.15, 0.2) is 6.10 Å². The number of carbonyl (C=O) groups excluding carboxylic acids is 2. The summed E-state index contributed by atoms with van der Waals surface area (Å²) in [6, 6.07) is 0. The molecule has 0 fully saturated rings. The number of hydrogen-bond acceptors (Lipinski definition) is 5. The third kappa shape index (κ3) is 47.8. The first-order valence-corrected chi connectivity index (χ1v) is 25.1. The van der Waals surface area contributed by atoms with E-state index >= 15 is 0 Å². The summed E-state index contributed by atoms with van der Waals surface area (Å²) in [6.45, 7) is 7.54. The second-order valence-corrected chi connectivity index (χ2v) is 16.3. The molecule has 0 aromatic heterocycles. The Morgan fingerprint density at radius 3 is 1.35 bits per heavy atom. The van der Waals surface area contributed by atoms with E-state index in [4.69, 9.17) is 14.2 Å². The molecule has 0 saturated heterocycles. The molecule has 0 rings (SSSR count). The lowest BCUT2D eigenvalue weighted by Gasteiger charge is -2.18. The first kappa shape index (κ1) is 57.1. The summed E-state index contributed by atoms with van der Waals surface area (Å²) in [5, 5.41) is 0. The Bertz CT molecular complexity index is 1130. The molecule has 0 aromatic carbocycles. The predicted molar refractivity (Wildman–Crippen MR) is 260 cm³/mol. The second kappa shape index (κ2) is 50.4. The lowest BCUT2D eigenvalue weighted by atomic mass is 10.1. The smallest absolute Gasteiger partial charge is 0.306 e. The highest BCUT2D eigenvalue weighted by Gasteiger charge is 2.17. The first-order chi connectivity index (χ1) is 29.6. The molecule has 0 aliphatic heterocycles. The zero-order valence-electron chi connectivity index (χ0n) is 39.5. The van der Waals surface area contributed by atoms with Gasteiger partial charge < -0.3 is 14.2 Å². The summed E-state index contributed by atoms with van der Waals surface area (Å²) in [5.41, 5.74) is 0. The maximum atomic E-state index is 12.7. The summed E-state index contributed by atoms with van der Waals surface area (Å²) < 4.78 is 17.3. The van der Waals surface area contributed by atoms with Crippen molar-refractivity contribution in [2.24, 2.45) is 0 Å². The SMILES string of the molecule is CC/C=C\C/C=C\C/C=C\C/C=C\CCC(=O)OC(COCCCCCCCC/C=C\C/C=C\CCC)COC(=O)CCCCCCCCC/C=C\CCCCCCCC. The number of unbranched alkanes of at least 4 members (excludes halogenated alkanes) is 20. The molecular weight excluding hydrogens is 741 g/mol. The molecule has 1 atom stereocenters. The van der Waals surface area contributed by atoms with Crippen molar-refractivity contribution >= 4 is 11.9 Å². The topological polar surface area (TPSA) is 61.8 Å². The van der Waals surface area contributed by atoms with Crippen molar-refractivity contribution in [1.29, 1.82) is 0 Å². The molecule has 60 heavy (non-hydrogen) atoms. The highest BCUT2D eigenvalue weighted by Crippen LogP contribution is 2.13. The minimum absolute atomic E-state index is 0.0470. The monoisotopic (exact) mass is 835 g/mol. The summed E-state index contributed by atoms with van der Waals surface area (Å²) >= 11 is 0. The van der Waals surface area contributed by atoms with Crippen LogP contribution in [0.5, 0.6) is 0 Å². The van der Waals surface area contributed by atoms with Crippen LogP contribution < -0.4 is 0 Å². The van der Waals surface area contributed by atoms with Crippen LogP contribution in [-0.4, -0.2) is 37.9 Å². The quantitative estimate of drug-likeness (QED) is 0.0347. The Balaban J connectivity index is 4.35. The normalized spacial score (nSPS) is 12.9. The Hall–Kier alpha value is -2.92. The highest BCUT2D eigenvalue weighted by molar-refractivity contribution is 5.70. The average Bonchev–Trinajstić information content (AvgIpc) is 3.25. The summed E-state index contributed by atoms with van der Waals surface area (Å²) in [5.74, 6) is -0.503. The molecule has 0 amide bonds. The van der Waals surface area contributed by atoms with E-state index in [1.165, 1.54) is 116 Å². The third-order valence-electron chi connectivity index (χ3n) is 10.4. The van der Waals surface area contributed by atoms with Crippen LogP contribution in [0.2, 0.25) is 0 Å². The number of allylic oxidation sites excluding steroid dienone is 14. The van der Waals surface area contributed by atoms with Gasteiger partial charge >= 0.3 is 11.9 Å². The van der Waals surface area contributed by atoms with Gasteiger partial charge in [-0.15, -0.1) is 0 Å². The van der Waals surface area contributed by atoms with Crippen molar-refractivity contribution in [3.63, 3.8) is 0 Å². The maximum Gasteiger partial charge on any atom is 0.306 e. The summed E-state index contributed by atoms with van der Waals surface area (Å²) in [4.78, 5) is 25.3. The zero-order chi connectivity index (χ0) is 43.5. The molecule has 5 heteroatoms. The van der Waals surface area contributed by atoms with Crippen molar-refractivity contribution in [3.05, 3.63) is 85.1 Å². The van der Waals surface area contributed by atoms with Crippen molar-refractivity contribution in [3.8, 4) is 0 Å². The lowest BCUT2D eigenvalue weighted by Crippen LogP contribution is -2.30. The van der Waals surface area contributed by atoms with E-state index in [0.29, 0.717) is 25.9 Å².